The number of anilines is 1. The summed E-state index contributed by atoms with van der Waals surface area (Å²) in [6, 6.07) is 6.58. The Morgan fingerprint density at radius 1 is 1.20 bits per heavy atom. The first-order valence-corrected chi connectivity index (χ1v) is 7.68. The Morgan fingerprint density at radius 3 is 2.56 bits per heavy atom. The zero-order valence-electron chi connectivity index (χ0n) is 14.1. The van der Waals surface area contributed by atoms with E-state index < -0.39 is 29.7 Å². The van der Waals surface area contributed by atoms with Gasteiger partial charge in [-0.15, -0.1) is 0 Å². The summed E-state index contributed by atoms with van der Waals surface area (Å²) in [5.74, 6) is -1.28. The van der Waals surface area contributed by atoms with Crippen molar-refractivity contribution in [1.82, 2.24) is 9.97 Å². The molecule has 1 amide bonds. The number of nitrogens with one attached hydrogen (secondary N) is 3. The van der Waals surface area contributed by atoms with Crippen molar-refractivity contribution in [3.05, 3.63) is 61.9 Å². The fourth-order valence-corrected chi connectivity index (χ4v) is 2.31. The van der Waals surface area contributed by atoms with Crippen LogP contribution in [0.15, 0.2) is 33.9 Å². The molecule has 0 aliphatic rings. The molecule has 0 saturated heterocycles. The van der Waals surface area contributed by atoms with E-state index in [1.807, 2.05) is 44.0 Å². The van der Waals surface area contributed by atoms with Crippen molar-refractivity contribution >= 4 is 17.6 Å². The van der Waals surface area contributed by atoms with Gasteiger partial charge in [0.15, 0.2) is 6.61 Å². The first kappa shape index (κ1) is 18.2. The van der Waals surface area contributed by atoms with E-state index in [9.17, 15) is 19.2 Å². The minimum absolute atomic E-state index is 0.207. The van der Waals surface area contributed by atoms with E-state index in [0.29, 0.717) is 5.69 Å². The molecule has 1 aromatic carbocycles. The Labute approximate surface area is 143 Å². The van der Waals surface area contributed by atoms with Crippen molar-refractivity contribution in [3.8, 4) is 0 Å². The number of aryl methyl sites for hydroxylation is 1. The summed E-state index contributed by atoms with van der Waals surface area (Å²) in [7, 11) is 0. The van der Waals surface area contributed by atoms with Crippen LogP contribution in [0.2, 0.25) is 0 Å². The number of esters is 1. The van der Waals surface area contributed by atoms with E-state index in [2.05, 4.69) is 10.3 Å². The number of para-hydroxylation sites is 1. The van der Waals surface area contributed by atoms with Crippen molar-refractivity contribution in [1.29, 1.82) is 0 Å². The molecule has 0 unspecified atom stereocenters. The second kappa shape index (κ2) is 7.61. The van der Waals surface area contributed by atoms with Gasteiger partial charge in [0, 0.05) is 11.8 Å². The standard InChI is InChI=1S/C17H19N3O5/c1-9(2)11-6-4-5-10(3)15(11)19-14(22)8-25-16(23)12-7-13(21)20-17(24)18-12/h4-7,9H,8H2,1-3H3,(H,19,22)(H2,18,20,21,24). The van der Waals surface area contributed by atoms with Gasteiger partial charge in [-0.2, -0.15) is 0 Å². The topological polar surface area (TPSA) is 121 Å². The SMILES string of the molecule is Cc1cccc(C(C)C)c1NC(=O)COC(=O)c1cc(=O)[nH]c(=O)[nH]1. The van der Waals surface area contributed by atoms with Crippen LogP contribution in [0.4, 0.5) is 5.69 Å². The average Bonchev–Trinajstić information content (AvgIpc) is 2.53. The lowest BCUT2D eigenvalue weighted by molar-refractivity contribution is -0.119. The van der Waals surface area contributed by atoms with Crippen molar-refractivity contribution in [2.45, 2.75) is 26.7 Å². The number of amides is 1. The third-order valence-electron chi connectivity index (χ3n) is 3.51. The molecule has 8 heteroatoms. The smallest absolute Gasteiger partial charge is 0.355 e. The van der Waals surface area contributed by atoms with Gasteiger partial charge in [0.25, 0.3) is 11.5 Å². The molecule has 132 valence electrons. The van der Waals surface area contributed by atoms with Crippen molar-refractivity contribution in [2.75, 3.05) is 11.9 Å². The molecule has 0 saturated carbocycles. The molecule has 3 N–H and O–H groups in total. The summed E-state index contributed by atoms with van der Waals surface area (Å²) in [5, 5.41) is 2.73. The summed E-state index contributed by atoms with van der Waals surface area (Å²) in [5.41, 5.74) is 0.666. The van der Waals surface area contributed by atoms with E-state index in [1.165, 1.54) is 0 Å². The number of carbonyl (C=O) groups excluding carboxylic acids is 2. The number of rotatable bonds is 5. The third-order valence-corrected chi connectivity index (χ3v) is 3.51. The minimum atomic E-state index is -0.966. The van der Waals surface area contributed by atoms with Gasteiger partial charge in [0.2, 0.25) is 0 Å². The van der Waals surface area contributed by atoms with Crippen molar-refractivity contribution in [2.24, 2.45) is 0 Å². The normalized spacial score (nSPS) is 10.6. The minimum Gasteiger partial charge on any atom is -0.451 e. The quantitative estimate of drug-likeness (QED) is 0.705. The van der Waals surface area contributed by atoms with Crippen LogP contribution in [0.1, 0.15) is 41.4 Å². The monoisotopic (exact) mass is 345 g/mol. The highest BCUT2D eigenvalue weighted by Gasteiger charge is 2.15. The lowest BCUT2D eigenvalue weighted by Crippen LogP contribution is -2.27. The maximum absolute atomic E-state index is 12.1. The number of hydrogen-bond donors (Lipinski definition) is 3. The molecule has 0 spiro atoms. The van der Waals surface area contributed by atoms with Crippen molar-refractivity contribution < 1.29 is 14.3 Å². The van der Waals surface area contributed by atoms with Crippen LogP contribution in [-0.4, -0.2) is 28.5 Å². The van der Waals surface area contributed by atoms with E-state index in [0.717, 1.165) is 17.2 Å². The van der Waals surface area contributed by atoms with Gasteiger partial charge >= 0.3 is 11.7 Å². The lowest BCUT2D eigenvalue weighted by atomic mass is 9.98. The van der Waals surface area contributed by atoms with Gasteiger partial charge in [-0.25, -0.2) is 9.59 Å². The number of benzene rings is 1. The second-order valence-corrected chi connectivity index (χ2v) is 5.82. The van der Waals surface area contributed by atoms with Crippen LogP contribution in [0.5, 0.6) is 0 Å². The summed E-state index contributed by atoms with van der Waals surface area (Å²) >= 11 is 0. The molecular formula is C17H19N3O5. The highest BCUT2D eigenvalue weighted by atomic mass is 16.5. The number of H-pyrrole nitrogens is 2. The molecule has 1 heterocycles. The summed E-state index contributed by atoms with van der Waals surface area (Å²) < 4.78 is 4.84. The predicted molar refractivity (Wildman–Crippen MR) is 91.9 cm³/mol. The van der Waals surface area contributed by atoms with Gasteiger partial charge in [0.1, 0.15) is 5.69 Å². The van der Waals surface area contributed by atoms with Crippen molar-refractivity contribution in [3.63, 3.8) is 0 Å². The van der Waals surface area contributed by atoms with Crippen LogP contribution in [-0.2, 0) is 9.53 Å². The van der Waals surface area contributed by atoms with E-state index >= 15 is 0 Å². The molecule has 2 rings (SSSR count). The predicted octanol–water partition coefficient (Wildman–Crippen LogP) is 1.29. The Morgan fingerprint density at radius 2 is 1.92 bits per heavy atom. The molecule has 25 heavy (non-hydrogen) atoms. The zero-order chi connectivity index (χ0) is 18.6. The Hall–Kier alpha value is -3.16. The van der Waals surface area contributed by atoms with Crippen LogP contribution in [0.3, 0.4) is 0 Å². The number of carbonyl (C=O) groups is 2. The lowest BCUT2D eigenvalue weighted by Gasteiger charge is -2.16. The second-order valence-electron chi connectivity index (χ2n) is 5.82. The summed E-state index contributed by atoms with van der Waals surface area (Å²) in [6.07, 6.45) is 0. The Balaban J connectivity index is 2.05. The van der Waals surface area contributed by atoms with Crippen LogP contribution in [0.25, 0.3) is 0 Å². The maximum atomic E-state index is 12.1. The number of ether oxygens (including phenoxy) is 1. The van der Waals surface area contributed by atoms with Crippen LogP contribution >= 0.6 is 0 Å². The third kappa shape index (κ3) is 4.66. The molecule has 0 aliphatic heterocycles. The molecular weight excluding hydrogens is 326 g/mol. The molecule has 2 aromatic rings. The van der Waals surface area contributed by atoms with E-state index in [1.54, 1.807) is 0 Å². The molecule has 0 radical (unpaired) electrons. The highest BCUT2D eigenvalue weighted by molar-refractivity contribution is 5.95. The molecule has 0 aliphatic carbocycles. The first-order valence-electron chi connectivity index (χ1n) is 7.68. The van der Waals surface area contributed by atoms with Gasteiger partial charge in [-0.1, -0.05) is 32.0 Å². The number of aromatic amines is 2. The van der Waals surface area contributed by atoms with Gasteiger partial charge in [0.05, 0.1) is 0 Å². The van der Waals surface area contributed by atoms with Crippen LogP contribution in [0, 0.1) is 6.92 Å². The molecule has 1 aromatic heterocycles. The van der Waals surface area contributed by atoms with Gasteiger partial charge in [-0.05, 0) is 24.0 Å². The van der Waals surface area contributed by atoms with Gasteiger partial charge in [-0.3, -0.25) is 14.6 Å². The number of aromatic nitrogens is 2. The molecule has 0 fully saturated rings. The fourth-order valence-electron chi connectivity index (χ4n) is 2.31. The van der Waals surface area contributed by atoms with Crippen LogP contribution < -0.4 is 16.6 Å². The average molecular weight is 345 g/mol. The number of hydrogen-bond acceptors (Lipinski definition) is 5. The highest BCUT2D eigenvalue weighted by Crippen LogP contribution is 2.27. The van der Waals surface area contributed by atoms with E-state index in [4.69, 9.17) is 4.74 Å². The maximum Gasteiger partial charge on any atom is 0.355 e. The molecule has 0 atom stereocenters. The molecule has 8 nitrogen and oxygen atoms in total. The van der Waals surface area contributed by atoms with Gasteiger partial charge < -0.3 is 15.0 Å². The Bertz CT molecular complexity index is 883. The summed E-state index contributed by atoms with van der Waals surface area (Å²) in [6.45, 7) is 5.34. The largest absolute Gasteiger partial charge is 0.451 e. The Kier molecular flexibility index (Phi) is 5.53. The zero-order valence-corrected chi connectivity index (χ0v) is 14.1. The summed E-state index contributed by atoms with van der Waals surface area (Å²) in [4.78, 5) is 50.3. The first-order chi connectivity index (χ1) is 11.8. The molecule has 0 bridgehead atoms. The fraction of sp³-hybridized carbons (Fsp3) is 0.294. The van der Waals surface area contributed by atoms with E-state index in [-0.39, 0.29) is 11.6 Å².